The van der Waals surface area contributed by atoms with Gasteiger partial charge in [0.2, 0.25) is 5.95 Å². The standard InChI is InChI=1S/C24H34ClFN6O/c1-23(2)12-16(13-24(3,4)31(23)5)28-21-17(26)14-27-22(30-21)29-18-8-6-7-9-19(18)32-10-11-33-15-20(32)25/h6-9,14,16,20H,10-13,15H2,1-5H3,(H2,27,28,29,30). The number of halogens is 2. The summed E-state index contributed by atoms with van der Waals surface area (Å²) >= 11 is 6.48. The lowest BCUT2D eigenvalue weighted by Gasteiger charge is -2.53. The number of alkyl halides is 1. The van der Waals surface area contributed by atoms with E-state index in [1.807, 2.05) is 24.3 Å². The van der Waals surface area contributed by atoms with Crippen LogP contribution in [0.1, 0.15) is 40.5 Å². The molecule has 2 N–H and O–H groups in total. The van der Waals surface area contributed by atoms with Gasteiger partial charge in [-0.2, -0.15) is 4.98 Å². The molecule has 2 aromatic rings. The molecule has 1 aromatic carbocycles. The third-order valence-electron chi connectivity index (χ3n) is 6.92. The number of anilines is 4. The molecule has 2 aliphatic heterocycles. The Morgan fingerprint density at radius 2 is 1.85 bits per heavy atom. The van der Waals surface area contributed by atoms with Crippen LogP contribution < -0.4 is 15.5 Å². The molecule has 180 valence electrons. The molecule has 1 unspecified atom stereocenters. The maximum atomic E-state index is 14.7. The Morgan fingerprint density at radius 3 is 2.55 bits per heavy atom. The first-order valence-corrected chi connectivity index (χ1v) is 11.9. The molecule has 3 heterocycles. The highest BCUT2D eigenvalue weighted by molar-refractivity contribution is 6.22. The molecule has 2 fully saturated rings. The van der Waals surface area contributed by atoms with Crippen molar-refractivity contribution in [1.82, 2.24) is 14.9 Å². The van der Waals surface area contributed by atoms with Gasteiger partial charge in [-0.15, -0.1) is 0 Å². The maximum absolute atomic E-state index is 14.7. The van der Waals surface area contributed by atoms with Crippen LogP contribution in [0.4, 0.5) is 27.5 Å². The van der Waals surface area contributed by atoms with Crippen molar-refractivity contribution in [1.29, 1.82) is 0 Å². The van der Waals surface area contributed by atoms with Crippen LogP contribution in [-0.2, 0) is 4.74 Å². The summed E-state index contributed by atoms with van der Waals surface area (Å²) in [7, 11) is 2.15. The van der Waals surface area contributed by atoms with E-state index in [2.05, 4.69) is 65.1 Å². The van der Waals surface area contributed by atoms with Crippen LogP contribution in [0.5, 0.6) is 0 Å². The number of benzene rings is 1. The minimum absolute atomic E-state index is 0.0147. The zero-order valence-corrected chi connectivity index (χ0v) is 20.8. The minimum atomic E-state index is -0.461. The quantitative estimate of drug-likeness (QED) is 0.473. The number of morpholine rings is 1. The summed E-state index contributed by atoms with van der Waals surface area (Å²) in [5.41, 5.74) is 1.45. The van der Waals surface area contributed by atoms with E-state index < -0.39 is 5.82 Å². The fourth-order valence-corrected chi connectivity index (χ4v) is 5.28. The first kappa shape index (κ1) is 24.0. The highest BCUT2D eigenvalue weighted by Crippen LogP contribution is 2.38. The van der Waals surface area contributed by atoms with Crippen LogP contribution in [0.15, 0.2) is 30.5 Å². The Balaban J connectivity index is 1.54. The van der Waals surface area contributed by atoms with Crippen molar-refractivity contribution in [2.75, 3.05) is 42.3 Å². The van der Waals surface area contributed by atoms with Crippen molar-refractivity contribution in [2.45, 2.75) is 63.2 Å². The molecule has 0 saturated carbocycles. The number of para-hydroxylation sites is 2. The maximum Gasteiger partial charge on any atom is 0.229 e. The Hall–Kier alpha value is -2.16. The molecular formula is C24H34ClFN6O. The highest BCUT2D eigenvalue weighted by Gasteiger charge is 2.43. The smallest absolute Gasteiger partial charge is 0.229 e. The van der Waals surface area contributed by atoms with Gasteiger partial charge in [-0.25, -0.2) is 9.37 Å². The largest absolute Gasteiger partial charge is 0.376 e. The molecule has 0 aliphatic carbocycles. The van der Waals surface area contributed by atoms with E-state index in [0.29, 0.717) is 25.7 Å². The summed E-state index contributed by atoms with van der Waals surface area (Å²) in [5, 5.41) is 6.61. The second-order valence-electron chi connectivity index (χ2n) is 10.2. The Labute approximate surface area is 200 Å². The van der Waals surface area contributed by atoms with E-state index in [1.54, 1.807) is 0 Å². The first-order valence-electron chi connectivity index (χ1n) is 11.4. The predicted molar refractivity (Wildman–Crippen MR) is 132 cm³/mol. The van der Waals surface area contributed by atoms with Crippen molar-refractivity contribution in [3.63, 3.8) is 0 Å². The number of likely N-dealkylation sites (tertiary alicyclic amines) is 1. The normalized spacial score (nSPS) is 23.4. The average Bonchev–Trinajstić information content (AvgIpc) is 2.75. The van der Waals surface area contributed by atoms with E-state index in [1.165, 1.54) is 6.20 Å². The third-order valence-corrected chi connectivity index (χ3v) is 7.28. The number of piperidine rings is 1. The highest BCUT2D eigenvalue weighted by atomic mass is 35.5. The molecule has 0 amide bonds. The molecule has 0 bridgehead atoms. The second kappa shape index (κ2) is 9.24. The summed E-state index contributed by atoms with van der Waals surface area (Å²) in [6.45, 7) is 10.6. The molecule has 4 rings (SSSR count). The van der Waals surface area contributed by atoms with Crippen LogP contribution in [0.3, 0.4) is 0 Å². The fourth-order valence-electron chi connectivity index (χ4n) is 4.99. The zero-order valence-electron chi connectivity index (χ0n) is 20.0. The van der Waals surface area contributed by atoms with Gasteiger partial charge in [0.25, 0.3) is 0 Å². The number of hydrogen-bond donors (Lipinski definition) is 2. The van der Waals surface area contributed by atoms with Crippen LogP contribution in [0.25, 0.3) is 0 Å². The van der Waals surface area contributed by atoms with Gasteiger partial charge in [-0.05, 0) is 59.7 Å². The molecule has 0 spiro atoms. The van der Waals surface area contributed by atoms with Crippen LogP contribution >= 0.6 is 11.6 Å². The zero-order chi connectivity index (χ0) is 23.8. The van der Waals surface area contributed by atoms with E-state index in [-0.39, 0.29) is 28.4 Å². The SMILES string of the molecule is CN1C(C)(C)CC(Nc2nc(Nc3ccccc3N3CCOCC3Cl)ncc2F)CC1(C)C. The van der Waals surface area contributed by atoms with Crippen molar-refractivity contribution in [2.24, 2.45) is 0 Å². The Morgan fingerprint density at radius 1 is 1.15 bits per heavy atom. The van der Waals surface area contributed by atoms with Crippen LogP contribution in [0.2, 0.25) is 0 Å². The van der Waals surface area contributed by atoms with Gasteiger partial charge in [0, 0.05) is 23.7 Å². The summed E-state index contributed by atoms with van der Waals surface area (Å²) in [6, 6.07) is 7.92. The number of nitrogens with one attached hydrogen (secondary N) is 2. The van der Waals surface area contributed by atoms with Crippen LogP contribution in [-0.4, -0.2) is 64.3 Å². The van der Waals surface area contributed by atoms with Gasteiger partial charge in [0.05, 0.1) is 30.8 Å². The first-order chi connectivity index (χ1) is 15.6. The molecule has 1 atom stereocenters. The Kier molecular flexibility index (Phi) is 6.71. The van der Waals surface area contributed by atoms with E-state index in [4.69, 9.17) is 16.3 Å². The predicted octanol–water partition coefficient (Wildman–Crippen LogP) is 4.82. The van der Waals surface area contributed by atoms with Crippen molar-refractivity contribution in [3.05, 3.63) is 36.3 Å². The molecule has 7 nitrogen and oxygen atoms in total. The number of hydrogen-bond acceptors (Lipinski definition) is 7. The van der Waals surface area contributed by atoms with Crippen LogP contribution in [0, 0.1) is 5.82 Å². The van der Waals surface area contributed by atoms with Crippen molar-refractivity contribution < 1.29 is 9.13 Å². The van der Waals surface area contributed by atoms with Gasteiger partial charge < -0.3 is 20.3 Å². The lowest BCUT2D eigenvalue weighted by atomic mass is 9.77. The van der Waals surface area contributed by atoms with Gasteiger partial charge in [0.1, 0.15) is 5.50 Å². The lowest BCUT2D eigenvalue weighted by molar-refractivity contribution is -0.00778. The van der Waals surface area contributed by atoms with Crippen molar-refractivity contribution >= 4 is 34.7 Å². The Bertz CT molecular complexity index is 969. The topological polar surface area (TPSA) is 65.5 Å². The van der Waals surface area contributed by atoms with Crippen molar-refractivity contribution in [3.8, 4) is 0 Å². The van der Waals surface area contributed by atoms with Gasteiger partial charge in [-0.1, -0.05) is 23.7 Å². The third kappa shape index (κ3) is 5.18. The second-order valence-corrected chi connectivity index (χ2v) is 10.7. The fraction of sp³-hybridized carbons (Fsp3) is 0.583. The monoisotopic (exact) mass is 476 g/mol. The summed E-state index contributed by atoms with van der Waals surface area (Å²) in [6.07, 6.45) is 2.98. The lowest BCUT2D eigenvalue weighted by Crippen LogP contribution is -2.61. The molecule has 2 saturated heterocycles. The van der Waals surface area contributed by atoms with E-state index >= 15 is 0 Å². The molecule has 0 radical (unpaired) electrons. The minimum Gasteiger partial charge on any atom is -0.376 e. The number of nitrogens with zero attached hydrogens (tertiary/aromatic N) is 4. The number of ether oxygens (including phenoxy) is 1. The molecule has 1 aromatic heterocycles. The molecule has 33 heavy (non-hydrogen) atoms. The summed E-state index contributed by atoms with van der Waals surface area (Å²) in [5.74, 6) is 0.0854. The summed E-state index contributed by atoms with van der Waals surface area (Å²) < 4.78 is 20.1. The van der Waals surface area contributed by atoms with Gasteiger partial charge >= 0.3 is 0 Å². The number of aromatic nitrogens is 2. The average molecular weight is 477 g/mol. The van der Waals surface area contributed by atoms with E-state index in [0.717, 1.165) is 24.2 Å². The number of rotatable bonds is 5. The molecular weight excluding hydrogens is 443 g/mol. The molecule has 2 aliphatic rings. The summed E-state index contributed by atoms with van der Waals surface area (Å²) in [4.78, 5) is 13.1. The van der Waals surface area contributed by atoms with Gasteiger partial charge in [-0.3, -0.25) is 4.90 Å². The van der Waals surface area contributed by atoms with E-state index in [9.17, 15) is 4.39 Å². The van der Waals surface area contributed by atoms with Gasteiger partial charge in [0.15, 0.2) is 11.6 Å². The molecule has 9 heteroatoms.